The molecule has 2 rings (SSSR count). The molecule has 1 aliphatic rings. The Morgan fingerprint density at radius 2 is 2.21 bits per heavy atom. The second-order valence-electron chi connectivity index (χ2n) is 2.92. The van der Waals surface area contributed by atoms with Gasteiger partial charge < -0.3 is 9.64 Å². The van der Waals surface area contributed by atoms with Crippen LogP contribution < -0.4 is 4.90 Å². The fraction of sp³-hybridized carbons (Fsp3) is 0.625. The van der Waals surface area contributed by atoms with Crippen molar-refractivity contribution in [3.05, 3.63) is 0 Å². The molecule has 0 unspecified atom stereocenters. The Morgan fingerprint density at radius 3 is 2.93 bits per heavy atom. The third kappa shape index (κ3) is 1.83. The van der Waals surface area contributed by atoms with Gasteiger partial charge in [0.25, 0.3) is 5.95 Å². The predicted molar refractivity (Wildman–Crippen MR) is 49.7 cm³/mol. The van der Waals surface area contributed by atoms with Gasteiger partial charge in [0.2, 0.25) is 0 Å². The quantitative estimate of drug-likeness (QED) is 0.572. The van der Waals surface area contributed by atoms with Gasteiger partial charge in [0.1, 0.15) is 6.54 Å². The Hall–Kier alpha value is -1.61. The molecule has 74 valence electrons. The lowest BCUT2D eigenvalue weighted by atomic mass is 10.4. The highest BCUT2D eigenvalue weighted by atomic mass is 16.5. The van der Waals surface area contributed by atoms with Crippen molar-refractivity contribution in [2.24, 2.45) is 0 Å². The highest BCUT2D eigenvalue weighted by Crippen LogP contribution is 2.06. The number of nitrogens with zero attached hydrogens (tertiary/aromatic N) is 5. The molecule has 1 aromatic rings. The lowest BCUT2D eigenvalue weighted by molar-refractivity contribution is 0.122. The number of aromatic nitrogens is 4. The van der Waals surface area contributed by atoms with Crippen LogP contribution in [-0.2, 0) is 11.3 Å². The van der Waals surface area contributed by atoms with Crippen LogP contribution in [0.1, 0.15) is 0 Å². The van der Waals surface area contributed by atoms with Crippen molar-refractivity contribution in [2.45, 2.75) is 6.54 Å². The van der Waals surface area contributed by atoms with Crippen LogP contribution in [0.2, 0.25) is 0 Å². The zero-order valence-corrected chi connectivity index (χ0v) is 7.76. The van der Waals surface area contributed by atoms with E-state index in [0.29, 0.717) is 25.7 Å². The monoisotopic (exact) mass is 193 g/mol. The minimum atomic E-state index is 0.358. The third-order valence-electron chi connectivity index (χ3n) is 1.97. The van der Waals surface area contributed by atoms with Gasteiger partial charge in [-0.3, -0.25) is 0 Å². The molecule has 0 atom stereocenters. The van der Waals surface area contributed by atoms with E-state index >= 15 is 0 Å². The molecule has 0 N–H and O–H groups in total. The van der Waals surface area contributed by atoms with Crippen LogP contribution in [0.4, 0.5) is 5.95 Å². The van der Waals surface area contributed by atoms with Crippen molar-refractivity contribution in [1.82, 2.24) is 20.2 Å². The standard InChI is InChI=1S/C8H11N5O/c1-2-3-13-10-8(9-11-13)12-4-6-14-7-5-12/h1H,3-7H2. The van der Waals surface area contributed by atoms with Crippen LogP contribution >= 0.6 is 0 Å². The van der Waals surface area contributed by atoms with Crippen molar-refractivity contribution in [1.29, 1.82) is 0 Å². The summed E-state index contributed by atoms with van der Waals surface area (Å²) in [4.78, 5) is 3.44. The third-order valence-corrected chi connectivity index (χ3v) is 1.97. The first kappa shape index (κ1) is 8.97. The van der Waals surface area contributed by atoms with Crippen LogP contribution in [0.15, 0.2) is 0 Å². The molecule has 1 saturated heterocycles. The second-order valence-corrected chi connectivity index (χ2v) is 2.92. The maximum Gasteiger partial charge on any atom is 0.266 e. The summed E-state index contributed by atoms with van der Waals surface area (Å²) in [6, 6.07) is 0. The van der Waals surface area contributed by atoms with Gasteiger partial charge in [0.15, 0.2) is 0 Å². The molecule has 0 bridgehead atoms. The van der Waals surface area contributed by atoms with Crippen molar-refractivity contribution >= 4 is 5.95 Å². The first-order valence-corrected chi connectivity index (χ1v) is 4.44. The van der Waals surface area contributed by atoms with Crippen molar-refractivity contribution in [3.63, 3.8) is 0 Å². The fourth-order valence-electron chi connectivity index (χ4n) is 1.27. The maximum absolute atomic E-state index is 5.22. The van der Waals surface area contributed by atoms with Gasteiger partial charge in [-0.05, 0) is 5.21 Å². The van der Waals surface area contributed by atoms with Crippen molar-refractivity contribution in [2.75, 3.05) is 31.2 Å². The van der Waals surface area contributed by atoms with E-state index in [0.717, 1.165) is 13.1 Å². The Labute approximate surface area is 81.8 Å². The summed E-state index contributed by atoms with van der Waals surface area (Å²) in [5.74, 6) is 3.08. The molecule has 0 aliphatic carbocycles. The molecule has 0 spiro atoms. The number of rotatable bonds is 2. The van der Waals surface area contributed by atoms with E-state index in [1.165, 1.54) is 4.80 Å². The van der Waals surface area contributed by atoms with Crippen LogP contribution in [-0.4, -0.2) is 46.5 Å². The maximum atomic E-state index is 5.22. The first-order chi connectivity index (χ1) is 6.90. The fourth-order valence-corrected chi connectivity index (χ4v) is 1.27. The Bertz CT molecular complexity index is 336. The van der Waals surface area contributed by atoms with Gasteiger partial charge in [0, 0.05) is 13.1 Å². The van der Waals surface area contributed by atoms with Crippen LogP contribution in [0.3, 0.4) is 0 Å². The summed E-state index contributed by atoms with van der Waals surface area (Å²) in [6.07, 6.45) is 5.14. The van der Waals surface area contributed by atoms with Gasteiger partial charge in [-0.15, -0.1) is 11.5 Å². The lowest BCUT2D eigenvalue weighted by Crippen LogP contribution is -2.37. The van der Waals surface area contributed by atoms with Crippen molar-refractivity contribution in [3.8, 4) is 12.3 Å². The van der Waals surface area contributed by atoms with Crippen LogP contribution in [0, 0.1) is 12.3 Å². The van der Waals surface area contributed by atoms with Crippen LogP contribution in [0.5, 0.6) is 0 Å². The molecular weight excluding hydrogens is 182 g/mol. The van der Waals surface area contributed by atoms with E-state index in [1.54, 1.807) is 0 Å². The molecule has 1 aromatic heterocycles. The smallest absolute Gasteiger partial charge is 0.266 e. The number of ether oxygens (including phenoxy) is 1. The van der Waals surface area contributed by atoms with Gasteiger partial charge in [0.05, 0.1) is 13.2 Å². The zero-order valence-electron chi connectivity index (χ0n) is 7.76. The molecule has 6 nitrogen and oxygen atoms in total. The van der Waals surface area contributed by atoms with Crippen molar-refractivity contribution < 1.29 is 4.74 Å². The topological polar surface area (TPSA) is 56.1 Å². The second kappa shape index (κ2) is 4.07. The molecule has 0 radical (unpaired) electrons. The summed E-state index contributed by atoms with van der Waals surface area (Å²) in [6.45, 7) is 3.40. The summed E-state index contributed by atoms with van der Waals surface area (Å²) in [5.41, 5.74) is 0. The molecule has 2 heterocycles. The summed E-state index contributed by atoms with van der Waals surface area (Å²) in [5, 5.41) is 11.9. The number of tetrazole rings is 1. The van der Waals surface area contributed by atoms with E-state index in [2.05, 4.69) is 21.3 Å². The normalized spacial score (nSPS) is 16.6. The van der Waals surface area contributed by atoms with E-state index in [4.69, 9.17) is 11.2 Å². The van der Waals surface area contributed by atoms with E-state index in [1.807, 2.05) is 4.90 Å². The molecule has 14 heavy (non-hydrogen) atoms. The van der Waals surface area contributed by atoms with Crippen LogP contribution in [0.25, 0.3) is 0 Å². The van der Waals surface area contributed by atoms with E-state index < -0.39 is 0 Å². The number of morpholine rings is 1. The summed E-state index contributed by atoms with van der Waals surface area (Å²) >= 11 is 0. The molecule has 1 fully saturated rings. The minimum absolute atomic E-state index is 0.358. The van der Waals surface area contributed by atoms with Gasteiger partial charge in [-0.25, -0.2) is 0 Å². The average Bonchev–Trinajstić information content (AvgIpc) is 2.68. The predicted octanol–water partition coefficient (Wildman–Crippen LogP) is -0.857. The summed E-state index contributed by atoms with van der Waals surface area (Å²) < 4.78 is 5.22. The molecule has 6 heteroatoms. The average molecular weight is 193 g/mol. The Balaban J connectivity index is 2.04. The SMILES string of the molecule is C#CCn1nnc(N2CCOCC2)n1. The molecule has 0 aromatic carbocycles. The Kier molecular flexibility index (Phi) is 2.60. The highest BCUT2D eigenvalue weighted by molar-refractivity contribution is 5.26. The number of hydrogen-bond donors (Lipinski definition) is 0. The largest absolute Gasteiger partial charge is 0.378 e. The number of terminal acetylenes is 1. The van der Waals surface area contributed by atoms with E-state index in [-0.39, 0.29) is 0 Å². The minimum Gasteiger partial charge on any atom is -0.378 e. The zero-order chi connectivity index (χ0) is 9.80. The highest BCUT2D eigenvalue weighted by Gasteiger charge is 2.15. The van der Waals surface area contributed by atoms with E-state index in [9.17, 15) is 0 Å². The summed E-state index contributed by atoms with van der Waals surface area (Å²) in [7, 11) is 0. The number of anilines is 1. The first-order valence-electron chi connectivity index (χ1n) is 4.44. The molecular formula is C8H11N5O. The molecule has 0 saturated carbocycles. The Morgan fingerprint density at radius 1 is 1.43 bits per heavy atom. The van der Waals surface area contributed by atoms with Gasteiger partial charge >= 0.3 is 0 Å². The van der Waals surface area contributed by atoms with Gasteiger partial charge in [-0.1, -0.05) is 11.0 Å². The molecule has 1 aliphatic heterocycles. The number of hydrogen-bond acceptors (Lipinski definition) is 5. The molecule has 0 amide bonds. The van der Waals surface area contributed by atoms with Gasteiger partial charge in [-0.2, -0.15) is 4.80 Å². The lowest BCUT2D eigenvalue weighted by Gasteiger charge is -2.24.